The van der Waals surface area contributed by atoms with Gasteiger partial charge in [0, 0.05) is 12.1 Å². The van der Waals surface area contributed by atoms with Crippen LogP contribution in [-0.4, -0.2) is 36.8 Å². The molecule has 0 saturated carbocycles. The van der Waals surface area contributed by atoms with Crippen molar-refractivity contribution in [3.8, 4) is 0 Å². The quantitative estimate of drug-likeness (QED) is 0.925. The summed E-state index contributed by atoms with van der Waals surface area (Å²) >= 11 is 0. The Morgan fingerprint density at radius 3 is 2.36 bits per heavy atom. The van der Waals surface area contributed by atoms with Gasteiger partial charge in [-0.15, -0.1) is 0 Å². The molecule has 1 aliphatic heterocycles. The molecule has 0 spiro atoms. The number of carbonyl (C=O) groups excluding carboxylic acids is 1. The van der Waals surface area contributed by atoms with Crippen molar-refractivity contribution in [2.45, 2.75) is 57.0 Å². The Hall–Kier alpha value is -1.40. The molecular formula is C16H24N2O3S. The lowest BCUT2D eigenvalue weighted by Gasteiger charge is -2.27. The maximum atomic E-state index is 12.8. The summed E-state index contributed by atoms with van der Waals surface area (Å²) in [6, 6.07) is 6.12. The minimum absolute atomic E-state index is 0.222. The lowest BCUT2D eigenvalue weighted by Crippen LogP contribution is -2.51. The molecule has 0 bridgehead atoms. The van der Waals surface area contributed by atoms with Gasteiger partial charge >= 0.3 is 0 Å². The predicted octanol–water partition coefficient (Wildman–Crippen LogP) is 2.06. The van der Waals surface area contributed by atoms with E-state index in [2.05, 4.69) is 5.32 Å². The van der Waals surface area contributed by atoms with E-state index < -0.39 is 16.1 Å². The second kappa shape index (κ2) is 6.01. The standard InChI is InChI=1S/C16H24N2O3S/c1-12-7-9-13(10-8-12)22(20,21)18-11-5-6-14(18)15(19)17-16(2,3)4/h7-10,14H,5-6,11H2,1-4H3,(H,17,19)/t14-/m1/s1. The highest BCUT2D eigenvalue weighted by Gasteiger charge is 2.40. The van der Waals surface area contributed by atoms with Crippen molar-refractivity contribution in [3.63, 3.8) is 0 Å². The first-order valence-electron chi connectivity index (χ1n) is 7.52. The molecule has 1 amide bonds. The fraction of sp³-hybridized carbons (Fsp3) is 0.562. The van der Waals surface area contributed by atoms with E-state index in [0.717, 1.165) is 5.56 Å². The number of nitrogens with zero attached hydrogens (tertiary/aromatic N) is 1. The number of carbonyl (C=O) groups is 1. The van der Waals surface area contributed by atoms with Gasteiger partial charge in [-0.3, -0.25) is 4.79 Å². The monoisotopic (exact) mass is 324 g/mol. The van der Waals surface area contributed by atoms with E-state index in [9.17, 15) is 13.2 Å². The average Bonchev–Trinajstić information content (AvgIpc) is 2.87. The molecule has 1 N–H and O–H groups in total. The van der Waals surface area contributed by atoms with E-state index in [1.54, 1.807) is 24.3 Å². The lowest BCUT2D eigenvalue weighted by molar-refractivity contribution is -0.125. The molecule has 6 heteroatoms. The van der Waals surface area contributed by atoms with E-state index in [-0.39, 0.29) is 16.3 Å². The van der Waals surface area contributed by atoms with Crippen molar-refractivity contribution in [2.24, 2.45) is 0 Å². The van der Waals surface area contributed by atoms with Crippen LogP contribution in [0.4, 0.5) is 0 Å². The Balaban J connectivity index is 2.26. The number of benzene rings is 1. The van der Waals surface area contributed by atoms with Gasteiger partial charge in [-0.2, -0.15) is 4.31 Å². The molecular weight excluding hydrogens is 300 g/mol. The first-order valence-corrected chi connectivity index (χ1v) is 8.96. The SMILES string of the molecule is Cc1ccc(S(=O)(=O)N2CCC[C@@H]2C(=O)NC(C)(C)C)cc1. The van der Waals surface area contributed by atoms with E-state index in [4.69, 9.17) is 0 Å². The molecule has 1 fully saturated rings. The summed E-state index contributed by atoms with van der Waals surface area (Å²) in [6.07, 6.45) is 1.26. The third-order valence-corrected chi connectivity index (χ3v) is 5.55. The van der Waals surface area contributed by atoms with Gasteiger partial charge < -0.3 is 5.32 Å². The molecule has 122 valence electrons. The fourth-order valence-corrected chi connectivity index (χ4v) is 4.24. The Bertz CT molecular complexity index is 645. The smallest absolute Gasteiger partial charge is 0.243 e. The van der Waals surface area contributed by atoms with Crippen LogP contribution in [0.2, 0.25) is 0 Å². The van der Waals surface area contributed by atoms with Gasteiger partial charge in [0.05, 0.1) is 4.90 Å². The predicted molar refractivity (Wildman–Crippen MR) is 86.0 cm³/mol. The Kier molecular flexibility index (Phi) is 4.63. The van der Waals surface area contributed by atoms with Crippen molar-refractivity contribution in [2.75, 3.05) is 6.54 Å². The molecule has 1 aromatic rings. The summed E-state index contributed by atoms with van der Waals surface area (Å²) in [5.41, 5.74) is 0.626. The zero-order valence-electron chi connectivity index (χ0n) is 13.6. The Morgan fingerprint density at radius 2 is 1.82 bits per heavy atom. The third kappa shape index (κ3) is 3.67. The van der Waals surface area contributed by atoms with Crippen LogP contribution in [0.15, 0.2) is 29.2 Å². The summed E-state index contributed by atoms with van der Waals surface area (Å²) in [5.74, 6) is -0.222. The van der Waals surface area contributed by atoms with Crippen molar-refractivity contribution in [1.82, 2.24) is 9.62 Å². The van der Waals surface area contributed by atoms with Gasteiger partial charge in [0.1, 0.15) is 6.04 Å². The van der Waals surface area contributed by atoms with Crippen LogP contribution in [0.5, 0.6) is 0 Å². The minimum Gasteiger partial charge on any atom is -0.350 e. The number of amides is 1. The van der Waals surface area contributed by atoms with E-state index in [1.807, 2.05) is 27.7 Å². The second-order valence-electron chi connectivity index (χ2n) is 6.83. The lowest BCUT2D eigenvalue weighted by atomic mass is 10.1. The van der Waals surface area contributed by atoms with Crippen LogP contribution in [0.1, 0.15) is 39.2 Å². The molecule has 2 rings (SSSR count). The van der Waals surface area contributed by atoms with Crippen LogP contribution in [0, 0.1) is 6.92 Å². The van der Waals surface area contributed by atoms with Crippen molar-refractivity contribution >= 4 is 15.9 Å². The molecule has 1 heterocycles. The summed E-state index contributed by atoms with van der Waals surface area (Å²) in [7, 11) is -3.63. The number of hydrogen-bond acceptors (Lipinski definition) is 3. The van der Waals surface area contributed by atoms with Crippen LogP contribution in [-0.2, 0) is 14.8 Å². The van der Waals surface area contributed by atoms with Crippen LogP contribution in [0.3, 0.4) is 0 Å². The number of nitrogens with one attached hydrogen (secondary N) is 1. The molecule has 0 aliphatic carbocycles. The number of sulfonamides is 1. The number of hydrogen-bond donors (Lipinski definition) is 1. The molecule has 1 atom stereocenters. The molecule has 0 unspecified atom stereocenters. The largest absolute Gasteiger partial charge is 0.350 e. The van der Waals surface area contributed by atoms with Gasteiger partial charge in [-0.05, 0) is 52.7 Å². The second-order valence-corrected chi connectivity index (χ2v) is 8.72. The third-order valence-electron chi connectivity index (χ3n) is 3.63. The first-order chi connectivity index (χ1) is 10.1. The topological polar surface area (TPSA) is 66.5 Å². The van der Waals surface area contributed by atoms with Gasteiger partial charge in [-0.1, -0.05) is 17.7 Å². The molecule has 1 aliphatic rings. The Labute approximate surface area is 132 Å². The highest BCUT2D eigenvalue weighted by Crippen LogP contribution is 2.26. The van der Waals surface area contributed by atoms with Crippen molar-refractivity contribution in [3.05, 3.63) is 29.8 Å². The number of rotatable bonds is 3. The van der Waals surface area contributed by atoms with Crippen molar-refractivity contribution < 1.29 is 13.2 Å². The van der Waals surface area contributed by atoms with E-state index in [0.29, 0.717) is 19.4 Å². The van der Waals surface area contributed by atoms with Gasteiger partial charge in [0.2, 0.25) is 15.9 Å². The summed E-state index contributed by atoms with van der Waals surface area (Å²) in [5, 5.41) is 2.88. The van der Waals surface area contributed by atoms with Gasteiger partial charge in [0.25, 0.3) is 0 Å². The summed E-state index contributed by atoms with van der Waals surface area (Å²) < 4.78 is 26.9. The molecule has 1 aromatic carbocycles. The first kappa shape index (κ1) is 17.0. The Morgan fingerprint density at radius 1 is 1.23 bits per heavy atom. The highest BCUT2D eigenvalue weighted by molar-refractivity contribution is 7.89. The average molecular weight is 324 g/mol. The van der Waals surface area contributed by atoms with E-state index in [1.165, 1.54) is 4.31 Å². The fourth-order valence-electron chi connectivity index (χ4n) is 2.59. The zero-order valence-corrected chi connectivity index (χ0v) is 14.4. The van der Waals surface area contributed by atoms with Gasteiger partial charge in [0.15, 0.2) is 0 Å². The highest BCUT2D eigenvalue weighted by atomic mass is 32.2. The maximum Gasteiger partial charge on any atom is 0.243 e. The van der Waals surface area contributed by atoms with Crippen LogP contribution >= 0.6 is 0 Å². The maximum absolute atomic E-state index is 12.8. The molecule has 0 radical (unpaired) electrons. The summed E-state index contributed by atoms with van der Waals surface area (Å²) in [6.45, 7) is 7.96. The summed E-state index contributed by atoms with van der Waals surface area (Å²) in [4.78, 5) is 12.6. The molecule has 1 saturated heterocycles. The van der Waals surface area contributed by atoms with Gasteiger partial charge in [-0.25, -0.2) is 8.42 Å². The van der Waals surface area contributed by atoms with Crippen LogP contribution in [0.25, 0.3) is 0 Å². The zero-order chi connectivity index (χ0) is 16.5. The van der Waals surface area contributed by atoms with Crippen LogP contribution < -0.4 is 5.32 Å². The number of aryl methyl sites for hydroxylation is 1. The molecule has 22 heavy (non-hydrogen) atoms. The minimum atomic E-state index is -3.63. The normalized spacial score (nSPS) is 20.1. The van der Waals surface area contributed by atoms with Crippen molar-refractivity contribution in [1.29, 1.82) is 0 Å². The van der Waals surface area contributed by atoms with E-state index >= 15 is 0 Å². The molecule has 5 nitrogen and oxygen atoms in total. The molecule has 0 aromatic heterocycles.